The first-order valence-corrected chi connectivity index (χ1v) is 4.51. The monoisotopic (exact) mass is 205 g/mol. The summed E-state index contributed by atoms with van der Waals surface area (Å²) in [5.41, 5.74) is 0.536. The van der Waals surface area contributed by atoms with E-state index in [9.17, 15) is 5.21 Å². The van der Waals surface area contributed by atoms with Gasteiger partial charge in [-0.1, -0.05) is 12.1 Å². The highest BCUT2D eigenvalue weighted by molar-refractivity contribution is 5.82. The van der Waals surface area contributed by atoms with Gasteiger partial charge in [-0.3, -0.25) is 0 Å². The van der Waals surface area contributed by atoms with Crippen LogP contribution in [-0.4, -0.2) is 14.2 Å². The number of para-hydroxylation sites is 1. The summed E-state index contributed by atoms with van der Waals surface area (Å²) in [6.07, 6.45) is 0. The predicted octanol–water partition coefficient (Wildman–Crippen LogP) is 1.49. The highest BCUT2D eigenvalue weighted by Gasteiger charge is 2.15. The summed E-state index contributed by atoms with van der Waals surface area (Å²) in [4.78, 5) is 0. The maximum atomic E-state index is 11.8. The second-order valence-corrected chi connectivity index (χ2v) is 3.07. The van der Waals surface area contributed by atoms with Gasteiger partial charge in [-0.05, 0) is 6.07 Å². The van der Waals surface area contributed by atoms with E-state index in [1.165, 1.54) is 7.11 Å². The zero-order chi connectivity index (χ0) is 10.8. The minimum Gasteiger partial charge on any atom is -0.616 e. The van der Waals surface area contributed by atoms with Crippen LogP contribution in [0.2, 0.25) is 0 Å². The van der Waals surface area contributed by atoms with E-state index < -0.39 is 0 Å². The number of pyridine rings is 1. The van der Waals surface area contributed by atoms with Gasteiger partial charge >= 0.3 is 5.88 Å². The fraction of sp³-hybridized carbons (Fsp3) is 0.182. The molecule has 4 heteroatoms. The Labute approximate surface area is 87.2 Å². The Morgan fingerprint density at radius 2 is 1.87 bits per heavy atom. The zero-order valence-electron chi connectivity index (χ0n) is 8.56. The molecule has 15 heavy (non-hydrogen) atoms. The average molecular weight is 205 g/mol. The number of rotatable bonds is 2. The van der Waals surface area contributed by atoms with Crippen molar-refractivity contribution in [1.29, 1.82) is 0 Å². The van der Waals surface area contributed by atoms with Crippen LogP contribution in [0.25, 0.3) is 10.9 Å². The summed E-state index contributed by atoms with van der Waals surface area (Å²) in [5.74, 6) is 0.861. The third-order valence-electron chi connectivity index (χ3n) is 2.27. The molecule has 0 spiro atoms. The van der Waals surface area contributed by atoms with Crippen molar-refractivity contribution in [2.24, 2.45) is 0 Å². The second kappa shape index (κ2) is 3.65. The molecule has 0 aliphatic carbocycles. The summed E-state index contributed by atoms with van der Waals surface area (Å²) in [6, 6.07) is 8.80. The summed E-state index contributed by atoms with van der Waals surface area (Å²) in [6.45, 7) is 0. The topological polar surface area (TPSA) is 45.4 Å². The van der Waals surface area contributed by atoms with E-state index in [1.54, 1.807) is 25.3 Å². The maximum absolute atomic E-state index is 11.8. The van der Waals surface area contributed by atoms with Gasteiger partial charge in [0.05, 0.1) is 25.7 Å². The summed E-state index contributed by atoms with van der Waals surface area (Å²) >= 11 is 0. The molecule has 4 nitrogen and oxygen atoms in total. The van der Waals surface area contributed by atoms with Gasteiger partial charge in [-0.2, -0.15) is 0 Å². The Hall–Kier alpha value is -1.97. The molecule has 2 rings (SSSR count). The van der Waals surface area contributed by atoms with Crippen LogP contribution < -0.4 is 14.2 Å². The van der Waals surface area contributed by atoms with Gasteiger partial charge < -0.3 is 14.7 Å². The normalized spacial score (nSPS) is 10.3. The van der Waals surface area contributed by atoms with E-state index in [-0.39, 0.29) is 5.88 Å². The van der Waals surface area contributed by atoms with Gasteiger partial charge in [0.15, 0.2) is 0 Å². The Kier molecular flexibility index (Phi) is 2.33. The predicted molar refractivity (Wildman–Crippen MR) is 56.0 cm³/mol. The van der Waals surface area contributed by atoms with E-state index in [1.807, 2.05) is 12.1 Å². The molecule has 0 radical (unpaired) electrons. The molecule has 0 aliphatic heterocycles. The number of methoxy groups -OCH3 is 2. The lowest BCUT2D eigenvalue weighted by atomic mass is 10.2. The number of fused-ring (bicyclic) bond motifs is 1. The average Bonchev–Trinajstić information content (AvgIpc) is 2.30. The SMILES string of the molecule is COc1cc(OC)[n+]([O-])c2ccccc12. The first-order chi connectivity index (χ1) is 7.27. The van der Waals surface area contributed by atoms with Crippen LogP contribution in [0.15, 0.2) is 30.3 Å². The Bertz CT molecular complexity index is 496. The molecule has 78 valence electrons. The molecule has 2 aromatic rings. The number of nitrogens with zero attached hydrogens (tertiary/aromatic N) is 1. The lowest BCUT2D eigenvalue weighted by Gasteiger charge is -2.09. The molecule has 0 N–H and O–H groups in total. The van der Waals surface area contributed by atoms with Gasteiger partial charge in [0, 0.05) is 6.07 Å². The molecule has 1 heterocycles. The van der Waals surface area contributed by atoms with Crippen molar-refractivity contribution < 1.29 is 14.2 Å². The van der Waals surface area contributed by atoms with Gasteiger partial charge in [-0.15, -0.1) is 4.73 Å². The highest BCUT2D eigenvalue weighted by Crippen LogP contribution is 2.26. The first kappa shape index (κ1) is 9.58. The molecule has 0 bridgehead atoms. The standard InChI is InChI=1S/C11H11NO3/c1-14-10-7-11(15-2)12(13)9-6-4-3-5-8(9)10/h3-7H,1-2H3. The number of hydrogen-bond donors (Lipinski definition) is 0. The van der Waals surface area contributed by atoms with Crippen molar-refractivity contribution in [3.05, 3.63) is 35.5 Å². The maximum Gasteiger partial charge on any atom is 0.383 e. The number of benzene rings is 1. The van der Waals surface area contributed by atoms with Crippen LogP contribution in [0.5, 0.6) is 11.6 Å². The van der Waals surface area contributed by atoms with Gasteiger partial charge in [0.1, 0.15) is 5.75 Å². The largest absolute Gasteiger partial charge is 0.616 e. The van der Waals surface area contributed by atoms with Crippen molar-refractivity contribution in [2.75, 3.05) is 14.2 Å². The number of ether oxygens (including phenoxy) is 2. The number of aromatic nitrogens is 1. The molecule has 0 atom stereocenters. The molecule has 1 aromatic heterocycles. The highest BCUT2D eigenvalue weighted by atomic mass is 16.5. The quantitative estimate of drug-likeness (QED) is 0.551. The fourth-order valence-corrected chi connectivity index (χ4v) is 1.54. The molecular weight excluding hydrogens is 194 g/mol. The fourth-order valence-electron chi connectivity index (χ4n) is 1.54. The molecule has 1 aromatic carbocycles. The lowest BCUT2D eigenvalue weighted by molar-refractivity contribution is -0.584. The molecule has 0 aliphatic rings. The molecule has 0 fully saturated rings. The Balaban J connectivity index is 2.84. The van der Waals surface area contributed by atoms with Crippen molar-refractivity contribution >= 4 is 10.9 Å². The zero-order valence-corrected chi connectivity index (χ0v) is 8.56. The van der Waals surface area contributed by atoms with Crippen molar-refractivity contribution in [3.8, 4) is 11.6 Å². The van der Waals surface area contributed by atoms with Crippen LogP contribution in [0.4, 0.5) is 0 Å². The van der Waals surface area contributed by atoms with Crippen LogP contribution in [0.1, 0.15) is 0 Å². The second-order valence-electron chi connectivity index (χ2n) is 3.07. The Morgan fingerprint density at radius 1 is 1.13 bits per heavy atom. The van der Waals surface area contributed by atoms with Crippen molar-refractivity contribution in [2.45, 2.75) is 0 Å². The van der Waals surface area contributed by atoms with E-state index in [2.05, 4.69) is 0 Å². The van der Waals surface area contributed by atoms with Gasteiger partial charge in [-0.25, -0.2) is 0 Å². The molecule has 0 unspecified atom stereocenters. The minimum absolute atomic E-state index is 0.227. The molecule has 0 amide bonds. The van der Waals surface area contributed by atoms with Gasteiger partial charge in [0.25, 0.3) is 0 Å². The lowest BCUT2D eigenvalue weighted by Crippen LogP contribution is -2.29. The summed E-state index contributed by atoms with van der Waals surface area (Å²) in [7, 11) is 3.02. The van der Waals surface area contributed by atoms with Crippen LogP contribution in [-0.2, 0) is 0 Å². The van der Waals surface area contributed by atoms with E-state index in [0.717, 1.165) is 10.1 Å². The molecular formula is C11H11NO3. The molecule has 0 saturated carbocycles. The minimum atomic E-state index is 0.227. The van der Waals surface area contributed by atoms with E-state index in [0.29, 0.717) is 11.3 Å². The smallest absolute Gasteiger partial charge is 0.383 e. The summed E-state index contributed by atoms with van der Waals surface area (Å²) < 4.78 is 10.9. The van der Waals surface area contributed by atoms with Crippen molar-refractivity contribution in [3.63, 3.8) is 0 Å². The first-order valence-electron chi connectivity index (χ1n) is 4.51. The van der Waals surface area contributed by atoms with Crippen molar-refractivity contribution in [1.82, 2.24) is 0 Å². The third kappa shape index (κ3) is 1.44. The Morgan fingerprint density at radius 3 is 2.53 bits per heavy atom. The van der Waals surface area contributed by atoms with Gasteiger partial charge in [0.2, 0.25) is 5.52 Å². The van der Waals surface area contributed by atoms with E-state index in [4.69, 9.17) is 9.47 Å². The van der Waals surface area contributed by atoms with E-state index >= 15 is 0 Å². The van der Waals surface area contributed by atoms with Crippen LogP contribution in [0, 0.1) is 5.21 Å². The molecule has 0 saturated heterocycles. The van der Waals surface area contributed by atoms with Crippen LogP contribution in [0.3, 0.4) is 0 Å². The summed E-state index contributed by atoms with van der Waals surface area (Å²) in [5, 5.41) is 12.5. The number of hydrogen-bond acceptors (Lipinski definition) is 3. The van der Waals surface area contributed by atoms with Crippen LogP contribution >= 0.6 is 0 Å². The third-order valence-corrected chi connectivity index (χ3v) is 2.27.